The van der Waals surface area contributed by atoms with E-state index in [0.717, 1.165) is 34.3 Å². The molecule has 0 aliphatic rings. The fraction of sp³-hybridized carbons (Fsp3) is 0.250. The van der Waals surface area contributed by atoms with Crippen LogP contribution in [0.15, 0.2) is 24.3 Å². The van der Waals surface area contributed by atoms with E-state index in [1.165, 1.54) is 5.56 Å². The Morgan fingerprint density at radius 1 is 1.25 bits per heavy atom. The molecule has 0 aliphatic heterocycles. The highest BCUT2D eigenvalue weighted by atomic mass is 16.4. The van der Waals surface area contributed by atoms with Crippen LogP contribution < -0.4 is 0 Å². The van der Waals surface area contributed by atoms with E-state index in [1.54, 1.807) is 6.08 Å². The first-order valence-corrected chi connectivity index (χ1v) is 6.45. The number of carbonyl (C=O) groups is 1. The lowest BCUT2D eigenvalue weighted by Gasteiger charge is -2.09. The summed E-state index contributed by atoms with van der Waals surface area (Å²) in [5.74, 6) is -0.944. The summed E-state index contributed by atoms with van der Waals surface area (Å²) in [4.78, 5) is 10.5. The van der Waals surface area contributed by atoms with Gasteiger partial charge in [-0.1, -0.05) is 6.07 Å². The highest BCUT2D eigenvalue weighted by molar-refractivity contribution is 5.85. The van der Waals surface area contributed by atoms with Crippen LogP contribution in [0, 0.1) is 27.7 Å². The number of hydrogen-bond acceptors (Lipinski definition) is 2. The number of benzene rings is 1. The molecule has 0 amide bonds. The third-order valence-electron chi connectivity index (χ3n) is 3.52. The molecule has 0 atom stereocenters. The van der Waals surface area contributed by atoms with E-state index >= 15 is 0 Å². The van der Waals surface area contributed by atoms with Gasteiger partial charge in [-0.05, 0) is 62.6 Å². The van der Waals surface area contributed by atoms with Crippen LogP contribution in [0.5, 0.6) is 0 Å². The molecule has 0 spiro atoms. The number of rotatable bonds is 3. The quantitative estimate of drug-likeness (QED) is 0.871. The molecule has 2 aromatic rings. The second kappa shape index (κ2) is 5.33. The van der Waals surface area contributed by atoms with Gasteiger partial charge in [0.2, 0.25) is 0 Å². The molecule has 0 saturated carbocycles. The number of aromatic nitrogens is 2. The van der Waals surface area contributed by atoms with E-state index in [4.69, 9.17) is 5.11 Å². The van der Waals surface area contributed by atoms with Gasteiger partial charge in [-0.3, -0.25) is 0 Å². The van der Waals surface area contributed by atoms with E-state index in [9.17, 15) is 4.79 Å². The van der Waals surface area contributed by atoms with Crippen molar-refractivity contribution in [1.29, 1.82) is 0 Å². The minimum atomic E-state index is -0.944. The smallest absolute Gasteiger partial charge is 0.328 e. The average molecular weight is 270 g/mol. The molecular weight excluding hydrogens is 252 g/mol. The third-order valence-corrected chi connectivity index (χ3v) is 3.52. The Morgan fingerprint density at radius 2 is 1.95 bits per heavy atom. The van der Waals surface area contributed by atoms with Crippen LogP contribution in [0.25, 0.3) is 11.8 Å². The van der Waals surface area contributed by atoms with Gasteiger partial charge in [0.25, 0.3) is 0 Å². The predicted molar refractivity (Wildman–Crippen MR) is 79.2 cm³/mol. The third kappa shape index (κ3) is 2.64. The van der Waals surface area contributed by atoms with Crippen molar-refractivity contribution in [3.63, 3.8) is 0 Å². The molecule has 4 nitrogen and oxygen atoms in total. The lowest BCUT2D eigenvalue weighted by molar-refractivity contribution is -0.131. The van der Waals surface area contributed by atoms with E-state index in [0.29, 0.717) is 0 Å². The molecule has 0 aliphatic carbocycles. The maximum atomic E-state index is 10.5. The van der Waals surface area contributed by atoms with Gasteiger partial charge in [0.1, 0.15) is 0 Å². The summed E-state index contributed by atoms with van der Waals surface area (Å²) in [6, 6.07) is 5.82. The van der Waals surface area contributed by atoms with E-state index < -0.39 is 5.97 Å². The van der Waals surface area contributed by atoms with Crippen molar-refractivity contribution in [1.82, 2.24) is 9.78 Å². The molecule has 1 heterocycles. The molecule has 1 aromatic heterocycles. The van der Waals surface area contributed by atoms with Crippen molar-refractivity contribution in [2.45, 2.75) is 27.7 Å². The van der Waals surface area contributed by atoms with Crippen molar-refractivity contribution in [2.24, 2.45) is 0 Å². The first-order valence-electron chi connectivity index (χ1n) is 6.45. The van der Waals surface area contributed by atoms with Gasteiger partial charge in [0, 0.05) is 11.8 Å². The van der Waals surface area contributed by atoms with Crippen LogP contribution in [-0.2, 0) is 4.79 Å². The Hall–Kier alpha value is -2.36. The maximum Gasteiger partial charge on any atom is 0.328 e. The van der Waals surface area contributed by atoms with Gasteiger partial charge in [0.05, 0.1) is 11.4 Å². The van der Waals surface area contributed by atoms with Gasteiger partial charge in [-0.2, -0.15) is 5.10 Å². The SMILES string of the molecule is Cc1cc(C=CC(=O)O)ccc1-n1nc(C)c(C)c1C. The van der Waals surface area contributed by atoms with Gasteiger partial charge in [-0.15, -0.1) is 0 Å². The Labute approximate surface area is 118 Å². The topological polar surface area (TPSA) is 55.1 Å². The molecule has 1 N–H and O–H groups in total. The fourth-order valence-electron chi connectivity index (χ4n) is 2.14. The summed E-state index contributed by atoms with van der Waals surface area (Å²) in [5, 5.41) is 13.2. The Morgan fingerprint density at radius 3 is 2.45 bits per heavy atom. The molecule has 0 saturated heterocycles. The Bertz CT molecular complexity index is 697. The largest absolute Gasteiger partial charge is 0.478 e. The molecule has 20 heavy (non-hydrogen) atoms. The molecule has 104 valence electrons. The van der Waals surface area contributed by atoms with E-state index in [1.807, 2.05) is 43.7 Å². The van der Waals surface area contributed by atoms with Crippen LogP contribution >= 0.6 is 0 Å². The monoisotopic (exact) mass is 270 g/mol. The highest BCUT2D eigenvalue weighted by Crippen LogP contribution is 2.21. The van der Waals surface area contributed by atoms with Crippen LogP contribution in [0.4, 0.5) is 0 Å². The van der Waals surface area contributed by atoms with Crippen LogP contribution in [0.2, 0.25) is 0 Å². The van der Waals surface area contributed by atoms with Crippen LogP contribution in [-0.4, -0.2) is 20.9 Å². The van der Waals surface area contributed by atoms with Gasteiger partial charge in [0.15, 0.2) is 0 Å². The number of aryl methyl sites for hydroxylation is 2. The number of carboxylic acid groups (broad SMARTS) is 1. The number of aliphatic carboxylic acids is 1. The average Bonchev–Trinajstić information content (AvgIpc) is 2.64. The van der Waals surface area contributed by atoms with Gasteiger partial charge in [-0.25, -0.2) is 9.48 Å². The van der Waals surface area contributed by atoms with Crippen LogP contribution in [0.1, 0.15) is 28.1 Å². The second-order valence-corrected chi connectivity index (χ2v) is 4.93. The van der Waals surface area contributed by atoms with Crippen LogP contribution in [0.3, 0.4) is 0 Å². The molecule has 0 unspecified atom stereocenters. The summed E-state index contributed by atoms with van der Waals surface area (Å²) in [5.41, 5.74) is 6.29. The summed E-state index contributed by atoms with van der Waals surface area (Å²) >= 11 is 0. The number of hydrogen-bond donors (Lipinski definition) is 1. The normalized spacial score (nSPS) is 11.2. The van der Waals surface area contributed by atoms with E-state index in [-0.39, 0.29) is 0 Å². The molecule has 0 radical (unpaired) electrons. The predicted octanol–water partition coefficient (Wildman–Crippen LogP) is 3.20. The first-order chi connectivity index (χ1) is 9.40. The summed E-state index contributed by atoms with van der Waals surface area (Å²) in [7, 11) is 0. The maximum absolute atomic E-state index is 10.5. The Kier molecular flexibility index (Phi) is 3.74. The lowest BCUT2D eigenvalue weighted by atomic mass is 10.1. The van der Waals surface area contributed by atoms with Crippen molar-refractivity contribution in [3.8, 4) is 5.69 Å². The zero-order valence-electron chi connectivity index (χ0n) is 12.1. The molecule has 1 aromatic carbocycles. The fourth-order valence-corrected chi connectivity index (χ4v) is 2.14. The van der Waals surface area contributed by atoms with Gasteiger partial charge >= 0.3 is 5.97 Å². The minimum Gasteiger partial charge on any atom is -0.478 e. The Balaban J connectivity index is 2.44. The molecular formula is C16H18N2O2. The van der Waals surface area contributed by atoms with Gasteiger partial charge < -0.3 is 5.11 Å². The van der Waals surface area contributed by atoms with E-state index in [2.05, 4.69) is 12.0 Å². The number of carboxylic acids is 1. The molecule has 2 rings (SSSR count). The second-order valence-electron chi connectivity index (χ2n) is 4.93. The highest BCUT2D eigenvalue weighted by Gasteiger charge is 2.10. The number of nitrogens with zero attached hydrogens (tertiary/aromatic N) is 2. The lowest BCUT2D eigenvalue weighted by Crippen LogP contribution is -2.02. The molecule has 0 fully saturated rings. The molecule has 0 bridgehead atoms. The van der Waals surface area contributed by atoms with Crippen molar-refractivity contribution >= 4 is 12.0 Å². The first kappa shape index (κ1) is 14.1. The van der Waals surface area contributed by atoms with Crippen molar-refractivity contribution in [3.05, 3.63) is 52.4 Å². The summed E-state index contributed by atoms with van der Waals surface area (Å²) in [6.45, 7) is 8.11. The van der Waals surface area contributed by atoms with Crippen molar-refractivity contribution < 1.29 is 9.90 Å². The summed E-state index contributed by atoms with van der Waals surface area (Å²) in [6.07, 6.45) is 2.73. The van der Waals surface area contributed by atoms with Crippen molar-refractivity contribution in [2.75, 3.05) is 0 Å². The zero-order chi connectivity index (χ0) is 14.9. The summed E-state index contributed by atoms with van der Waals surface area (Å²) < 4.78 is 1.94. The zero-order valence-corrected chi connectivity index (χ0v) is 12.1. The minimum absolute atomic E-state index is 0.868. The standard InChI is InChI=1S/C16H18N2O2/c1-10-9-14(6-8-16(19)20)5-7-15(10)18-13(4)11(2)12(3)17-18/h5-9H,1-4H3,(H,19,20). The molecule has 4 heteroatoms.